The van der Waals surface area contributed by atoms with E-state index in [0.717, 1.165) is 59.9 Å². The minimum absolute atomic E-state index is 0.111. The van der Waals surface area contributed by atoms with Gasteiger partial charge in [-0.25, -0.2) is 4.98 Å². The summed E-state index contributed by atoms with van der Waals surface area (Å²) in [6, 6.07) is 7.89. The van der Waals surface area contributed by atoms with Crippen LogP contribution in [-0.4, -0.2) is 47.0 Å². The van der Waals surface area contributed by atoms with Crippen LogP contribution >= 0.6 is 11.3 Å². The van der Waals surface area contributed by atoms with Gasteiger partial charge < -0.3 is 14.8 Å². The van der Waals surface area contributed by atoms with Crippen LogP contribution in [0.15, 0.2) is 35.8 Å². The Morgan fingerprint density at radius 1 is 1.21 bits per heavy atom. The van der Waals surface area contributed by atoms with Crippen LogP contribution < -0.4 is 4.90 Å². The Labute approximate surface area is 144 Å². The Kier molecular flexibility index (Phi) is 3.98. The lowest BCUT2D eigenvalue weighted by Gasteiger charge is -2.22. The Morgan fingerprint density at radius 2 is 2.12 bits per heavy atom. The average molecular weight is 340 g/mol. The Bertz CT molecular complexity index is 869. The molecule has 0 saturated carbocycles. The van der Waals surface area contributed by atoms with Crippen LogP contribution in [0.1, 0.15) is 22.5 Å². The van der Waals surface area contributed by atoms with Crippen molar-refractivity contribution in [1.29, 1.82) is 0 Å². The zero-order chi connectivity index (χ0) is 16.5. The van der Waals surface area contributed by atoms with Gasteiger partial charge in [0.1, 0.15) is 0 Å². The Morgan fingerprint density at radius 3 is 2.96 bits per heavy atom. The largest absolute Gasteiger partial charge is 0.361 e. The second-order valence-corrected chi connectivity index (χ2v) is 6.99. The number of thiazole rings is 1. The van der Waals surface area contributed by atoms with Gasteiger partial charge in [-0.2, -0.15) is 0 Å². The van der Waals surface area contributed by atoms with Crippen LogP contribution in [0.4, 0.5) is 5.13 Å². The number of para-hydroxylation sites is 1. The number of aromatic nitrogens is 2. The number of benzene rings is 1. The number of hydrogen-bond donors (Lipinski definition) is 1. The molecule has 0 aliphatic carbocycles. The molecule has 1 saturated heterocycles. The van der Waals surface area contributed by atoms with Gasteiger partial charge in [-0.3, -0.25) is 4.79 Å². The zero-order valence-electron chi connectivity index (χ0n) is 13.7. The number of hydrogen-bond acceptors (Lipinski definition) is 4. The minimum Gasteiger partial charge on any atom is -0.361 e. The topological polar surface area (TPSA) is 52.2 Å². The molecule has 124 valence electrons. The van der Waals surface area contributed by atoms with E-state index >= 15 is 0 Å². The van der Waals surface area contributed by atoms with E-state index in [1.807, 2.05) is 42.3 Å². The number of anilines is 1. The molecule has 4 rings (SSSR count). The first-order chi connectivity index (χ1) is 11.7. The van der Waals surface area contributed by atoms with Gasteiger partial charge in [0.2, 0.25) is 0 Å². The summed E-state index contributed by atoms with van der Waals surface area (Å²) >= 11 is 1.68. The third-order valence-corrected chi connectivity index (χ3v) is 5.50. The summed E-state index contributed by atoms with van der Waals surface area (Å²) in [5, 5.41) is 4.22. The molecule has 2 aromatic heterocycles. The number of amides is 1. The molecule has 0 unspecified atom stereocenters. The zero-order valence-corrected chi connectivity index (χ0v) is 14.5. The van der Waals surface area contributed by atoms with E-state index in [-0.39, 0.29) is 5.91 Å². The summed E-state index contributed by atoms with van der Waals surface area (Å²) < 4.78 is 0. The van der Waals surface area contributed by atoms with Crippen molar-refractivity contribution in [2.75, 3.05) is 31.1 Å². The predicted molar refractivity (Wildman–Crippen MR) is 97.9 cm³/mol. The minimum atomic E-state index is 0.111. The van der Waals surface area contributed by atoms with Crippen molar-refractivity contribution in [3.63, 3.8) is 0 Å². The molecule has 1 aliphatic rings. The van der Waals surface area contributed by atoms with Gasteiger partial charge in [0, 0.05) is 43.1 Å². The molecule has 3 heterocycles. The third-order valence-electron chi connectivity index (χ3n) is 4.48. The highest BCUT2D eigenvalue weighted by Crippen LogP contribution is 2.23. The second kappa shape index (κ2) is 6.28. The van der Waals surface area contributed by atoms with Crippen molar-refractivity contribution in [1.82, 2.24) is 14.9 Å². The fourth-order valence-corrected chi connectivity index (χ4v) is 4.09. The van der Waals surface area contributed by atoms with Crippen molar-refractivity contribution >= 4 is 33.3 Å². The van der Waals surface area contributed by atoms with Gasteiger partial charge in [-0.1, -0.05) is 12.1 Å². The lowest BCUT2D eigenvalue weighted by atomic mass is 10.1. The molecule has 1 aliphatic heterocycles. The monoisotopic (exact) mass is 340 g/mol. The number of carbonyl (C=O) groups excluding carboxylic acids is 1. The number of aryl methyl sites for hydroxylation is 1. The van der Waals surface area contributed by atoms with Crippen molar-refractivity contribution in [2.45, 2.75) is 13.3 Å². The number of fused-ring (bicyclic) bond motifs is 1. The van der Waals surface area contributed by atoms with E-state index in [4.69, 9.17) is 0 Å². The summed E-state index contributed by atoms with van der Waals surface area (Å²) in [4.78, 5) is 25.0. The lowest BCUT2D eigenvalue weighted by Crippen LogP contribution is -2.35. The molecular weight excluding hydrogens is 320 g/mol. The molecule has 1 amide bonds. The highest BCUT2D eigenvalue weighted by Gasteiger charge is 2.23. The first-order valence-corrected chi connectivity index (χ1v) is 9.13. The number of rotatable bonds is 2. The summed E-state index contributed by atoms with van der Waals surface area (Å²) in [6.45, 7) is 5.32. The van der Waals surface area contributed by atoms with Gasteiger partial charge in [0.15, 0.2) is 5.13 Å². The maximum atomic E-state index is 13.0. The quantitative estimate of drug-likeness (QED) is 0.779. The van der Waals surface area contributed by atoms with Crippen molar-refractivity contribution in [3.8, 4) is 0 Å². The number of nitrogens with zero attached hydrogens (tertiary/aromatic N) is 3. The fourth-order valence-electron chi connectivity index (χ4n) is 3.23. The molecule has 0 atom stereocenters. The van der Waals surface area contributed by atoms with Crippen LogP contribution in [0.3, 0.4) is 0 Å². The SMILES string of the molecule is Cc1csc(N2CCCN(C(=O)c3cccc4cc[nH]c34)CC2)n1. The third kappa shape index (κ3) is 2.78. The van der Waals surface area contributed by atoms with E-state index in [0.29, 0.717) is 0 Å². The van der Waals surface area contributed by atoms with E-state index in [9.17, 15) is 4.79 Å². The molecule has 0 bridgehead atoms. The number of aromatic amines is 1. The smallest absolute Gasteiger partial charge is 0.256 e. The van der Waals surface area contributed by atoms with Gasteiger partial charge in [0.05, 0.1) is 16.8 Å². The van der Waals surface area contributed by atoms with Crippen LogP contribution in [0, 0.1) is 6.92 Å². The molecule has 24 heavy (non-hydrogen) atoms. The van der Waals surface area contributed by atoms with Crippen LogP contribution in [0.5, 0.6) is 0 Å². The molecule has 5 nitrogen and oxygen atoms in total. The molecule has 1 fully saturated rings. The summed E-state index contributed by atoms with van der Waals surface area (Å²) in [5.41, 5.74) is 2.75. The highest BCUT2D eigenvalue weighted by molar-refractivity contribution is 7.13. The number of nitrogens with one attached hydrogen (secondary N) is 1. The number of H-pyrrole nitrogens is 1. The molecule has 0 spiro atoms. The summed E-state index contributed by atoms with van der Waals surface area (Å²) in [7, 11) is 0. The highest BCUT2D eigenvalue weighted by atomic mass is 32.1. The van der Waals surface area contributed by atoms with E-state index in [1.54, 1.807) is 11.3 Å². The van der Waals surface area contributed by atoms with Gasteiger partial charge in [-0.05, 0) is 25.5 Å². The molecule has 0 radical (unpaired) electrons. The number of carbonyl (C=O) groups is 1. The van der Waals surface area contributed by atoms with Crippen LogP contribution in [0.2, 0.25) is 0 Å². The van der Waals surface area contributed by atoms with E-state index in [2.05, 4.69) is 20.2 Å². The van der Waals surface area contributed by atoms with E-state index < -0.39 is 0 Å². The Balaban J connectivity index is 1.53. The van der Waals surface area contributed by atoms with Gasteiger partial charge in [0.25, 0.3) is 5.91 Å². The molecule has 1 aromatic carbocycles. The van der Waals surface area contributed by atoms with Crippen molar-refractivity contribution < 1.29 is 4.79 Å². The standard InChI is InChI=1S/C18H20N4OS/c1-13-12-24-18(20-13)22-9-3-8-21(10-11-22)17(23)15-5-2-4-14-6-7-19-16(14)15/h2,4-7,12,19H,3,8-11H2,1H3. The molecule has 3 aromatic rings. The second-order valence-electron chi connectivity index (χ2n) is 6.15. The first-order valence-electron chi connectivity index (χ1n) is 8.25. The maximum Gasteiger partial charge on any atom is 0.256 e. The summed E-state index contributed by atoms with van der Waals surface area (Å²) in [6.07, 6.45) is 2.85. The van der Waals surface area contributed by atoms with E-state index in [1.165, 1.54) is 0 Å². The van der Waals surface area contributed by atoms with Gasteiger partial charge >= 0.3 is 0 Å². The average Bonchev–Trinajstić information content (AvgIpc) is 3.17. The summed E-state index contributed by atoms with van der Waals surface area (Å²) in [5.74, 6) is 0.111. The molecule has 1 N–H and O–H groups in total. The molecular formula is C18H20N4OS. The van der Waals surface area contributed by atoms with Crippen LogP contribution in [0.25, 0.3) is 10.9 Å². The predicted octanol–water partition coefficient (Wildman–Crippen LogP) is 3.29. The van der Waals surface area contributed by atoms with Gasteiger partial charge in [-0.15, -0.1) is 11.3 Å². The van der Waals surface area contributed by atoms with Crippen molar-refractivity contribution in [3.05, 3.63) is 47.1 Å². The maximum absolute atomic E-state index is 13.0. The molecule has 6 heteroatoms. The first kappa shape index (κ1) is 15.2. The normalized spacial score (nSPS) is 15.7. The van der Waals surface area contributed by atoms with Crippen molar-refractivity contribution in [2.24, 2.45) is 0 Å². The Hall–Kier alpha value is -2.34. The van der Waals surface area contributed by atoms with Crippen LogP contribution in [-0.2, 0) is 0 Å². The fraction of sp³-hybridized carbons (Fsp3) is 0.333. The lowest BCUT2D eigenvalue weighted by molar-refractivity contribution is 0.0769.